The lowest BCUT2D eigenvalue weighted by molar-refractivity contribution is 0.198. The van der Waals surface area contributed by atoms with Crippen LogP contribution >= 0.6 is 35.6 Å². The molecule has 3 rings (SSSR count). The zero-order valence-electron chi connectivity index (χ0n) is 17.6. The Morgan fingerprint density at radius 1 is 1.27 bits per heavy atom. The van der Waals surface area contributed by atoms with E-state index in [1.54, 1.807) is 0 Å². The molecule has 0 amide bonds. The first kappa shape index (κ1) is 24.6. The molecule has 0 aliphatic carbocycles. The molecule has 2 N–H and O–H groups in total. The van der Waals surface area contributed by atoms with E-state index in [4.69, 9.17) is 16.6 Å². The highest BCUT2D eigenvalue weighted by Gasteiger charge is 2.20. The van der Waals surface area contributed by atoms with Crippen molar-refractivity contribution in [2.45, 2.75) is 38.9 Å². The van der Waals surface area contributed by atoms with Crippen LogP contribution in [0.25, 0.3) is 0 Å². The van der Waals surface area contributed by atoms with Gasteiger partial charge in [0.05, 0.1) is 0 Å². The van der Waals surface area contributed by atoms with Gasteiger partial charge in [0, 0.05) is 44.3 Å². The highest BCUT2D eigenvalue weighted by Crippen LogP contribution is 2.16. The number of nitrogens with zero attached hydrogens (tertiary/aromatic N) is 5. The SMILES string of the molecule is C=CCNC(=NCc1nnc(C)n1C)NC1CCN(Cc2ccc(Cl)cc2)CC1.I. The van der Waals surface area contributed by atoms with E-state index >= 15 is 0 Å². The molecular formula is C21H31ClIN7. The first-order chi connectivity index (χ1) is 14.0. The van der Waals surface area contributed by atoms with Crippen LogP contribution in [0.2, 0.25) is 5.02 Å². The van der Waals surface area contributed by atoms with Gasteiger partial charge in [0.2, 0.25) is 0 Å². The molecule has 1 aliphatic heterocycles. The number of rotatable bonds is 7. The standard InChI is InChI=1S/C21H30ClN7.HI/c1-4-11-23-21(24-14-20-27-26-16(2)28(20)3)25-19-9-12-29(13-10-19)15-17-5-7-18(22)8-6-17;/h4-8,19H,1,9-15H2,2-3H3,(H2,23,24,25);1H. The first-order valence-corrected chi connectivity index (χ1v) is 10.4. The molecule has 0 radical (unpaired) electrons. The van der Waals surface area contributed by atoms with E-state index in [-0.39, 0.29) is 24.0 Å². The Kier molecular flexibility index (Phi) is 10.1. The fraction of sp³-hybridized carbons (Fsp3) is 0.476. The van der Waals surface area contributed by atoms with Crippen LogP contribution in [0.1, 0.15) is 30.1 Å². The van der Waals surface area contributed by atoms with Crippen molar-refractivity contribution in [3.8, 4) is 0 Å². The molecule has 1 aromatic carbocycles. The van der Waals surface area contributed by atoms with Gasteiger partial charge < -0.3 is 15.2 Å². The third kappa shape index (κ3) is 7.24. The molecule has 1 saturated heterocycles. The van der Waals surface area contributed by atoms with Crippen molar-refractivity contribution in [3.05, 3.63) is 59.2 Å². The van der Waals surface area contributed by atoms with E-state index in [1.807, 2.05) is 36.7 Å². The summed E-state index contributed by atoms with van der Waals surface area (Å²) in [6.45, 7) is 9.94. The second kappa shape index (κ2) is 12.3. The largest absolute Gasteiger partial charge is 0.354 e. The first-order valence-electron chi connectivity index (χ1n) is 10.0. The van der Waals surface area contributed by atoms with Crippen LogP contribution in [-0.4, -0.2) is 51.3 Å². The van der Waals surface area contributed by atoms with E-state index in [0.29, 0.717) is 19.1 Å². The lowest BCUT2D eigenvalue weighted by atomic mass is 10.0. The number of aliphatic imine (C=N–C) groups is 1. The third-order valence-corrected chi connectivity index (χ3v) is 5.48. The molecule has 7 nitrogen and oxygen atoms in total. The molecule has 1 aromatic heterocycles. The van der Waals surface area contributed by atoms with Gasteiger partial charge in [-0.3, -0.25) is 4.90 Å². The molecule has 0 spiro atoms. The van der Waals surface area contributed by atoms with Gasteiger partial charge >= 0.3 is 0 Å². The van der Waals surface area contributed by atoms with Crippen LogP contribution in [0.5, 0.6) is 0 Å². The summed E-state index contributed by atoms with van der Waals surface area (Å²) in [5.74, 6) is 2.53. The number of guanidine groups is 1. The van der Waals surface area contributed by atoms with Gasteiger partial charge in [-0.05, 0) is 37.5 Å². The quantitative estimate of drug-likeness (QED) is 0.243. The molecule has 2 heterocycles. The summed E-state index contributed by atoms with van der Waals surface area (Å²) >= 11 is 5.98. The lowest BCUT2D eigenvalue weighted by Crippen LogP contribution is -2.48. The summed E-state index contributed by atoms with van der Waals surface area (Å²) in [7, 11) is 1.96. The van der Waals surface area contributed by atoms with Crippen molar-refractivity contribution in [1.29, 1.82) is 0 Å². The highest BCUT2D eigenvalue weighted by atomic mass is 127. The van der Waals surface area contributed by atoms with Crippen LogP contribution in [-0.2, 0) is 20.1 Å². The van der Waals surface area contributed by atoms with Crippen molar-refractivity contribution in [2.24, 2.45) is 12.0 Å². The maximum atomic E-state index is 5.98. The van der Waals surface area contributed by atoms with E-state index < -0.39 is 0 Å². The van der Waals surface area contributed by atoms with E-state index in [9.17, 15) is 0 Å². The van der Waals surface area contributed by atoms with Gasteiger partial charge in [0.15, 0.2) is 11.8 Å². The number of benzene rings is 1. The molecule has 2 aromatic rings. The molecular weight excluding hydrogens is 513 g/mol. The minimum atomic E-state index is 0. The summed E-state index contributed by atoms with van der Waals surface area (Å²) in [4.78, 5) is 7.18. The topological polar surface area (TPSA) is 70.4 Å². The molecule has 9 heteroatoms. The van der Waals surface area contributed by atoms with Crippen LogP contribution in [0, 0.1) is 6.92 Å². The summed E-state index contributed by atoms with van der Waals surface area (Å²) in [6, 6.07) is 8.51. The lowest BCUT2D eigenvalue weighted by Gasteiger charge is -2.33. The molecule has 1 fully saturated rings. The summed E-state index contributed by atoms with van der Waals surface area (Å²) in [6.07, 6.45) is 3.98. The number of hydrogen-bond acceptors (Lipinski definition) is 4. The van der Waals surface area contributed by atoms with Gasteiger partial charge in [-0.2, -0.15) is 0 Å². The number of aryl methyl sites for hydroxylation is 1. The van der Waals surface area contributed by atoms with Gasteiger partial charge in [0.25, 0.3) is 0 Å². The molecule has 1 aliphatic rings. The molecule has 164 valence electrons. The second-order valence-corrected chi connectivity index (χ2v) is 7.81. The Bertz CT molecular complexity index is 826. The number of piperidine rings is 1. The predicted octanol–water partition coefficient (Wildman–Crippen LogP) is 3.28. The van der Waals surface area contributed by atoms with Crippen LogP contribution in [0.3, 0.4) is 0 Å². The van der Waals surface area contributed by atoms with Crippen molar-refractivity contribution in [2.75, 3.05) is 19.6 Å². The molecule has 0 unspecified atom stereocenters. The van der Waals surface area contributed by atoms with E-state index in [0.717, 1.165) is 55.1 Å². The van der Waals surface area contributed by atoms with Crippen LogP contribution in [0.15, 0.2) is 41.9 Å². The van der Waals surface area contributed by atoms with Crippen LogP contribution < -0.4 is 10.6 Å². The van der Waals surface area contributed by atoms with Crippen molar-refractivity contribution in [1.82, 2.24) is 30.3 Å². The summed E-state index contributed by atoms with van der Waals surface area (Å²) in [5.41, 5.74) is 1.30. The molecule has 0 bridgehead atoms. The number of aromatic nitrogens is 3. The van der Waals surface area contributed by atoms with Crippen molar-refractivity contribution in [3.63, 3.8) is 0 Å². The Hall–Kier alpha value is -1.65. The van der Waals surface area contributed by atoms with Gasteiger partial charge in [-0.1, -0.05) is 29.8 Å². The highest BCUT2D eigenvalue weighted by molar-refractivity contribution is 14.0. The third-order valence-electron chi connectivity index (χ3n) is 5.22. The summed E-state index contributed by atoms with van der Waals surface area (Å²) < 4.78 is 1.96. The Morgan fingerprint density at radius 3 is 2.57 bits per heavy atom. The predicted molar refractivity (Wildman–Crippen MR) is 133 cm³/mol. The van der Waals surface area contributed by atoms with Crippen LogP contribution in [0.4, 0.5) is 0 Å². The summed E-state index contributed by atoms with van der Waals surface area (Å²) in [5, 5.41) is 15.9. The maximum Gasteiger partial charge on any atom is 0.192 e. The Labute approximate surface area is 201 Å². The molecule has 30 heavy (non-hydrogen) atoms. The van der Waals surface area contributed by atoms with Gasteiger partial charge in [-0.15, -0.1) is 40.8 Å². The fourth-order valence-corrected chi connectivity index (χ4v) is 3.46. The minimum absolute atomic E-state index is 0. The van der Waals surface area contributed by atoms with E-state index in [2.05, 4.69) is 44.4 Å². The average molecular weight is 544 g/mol. The van der Waals surface area contributed by atoms with Crippen molar-refractivity contribution < 1.29 is 0 Å². The van der Waals surface area contributed by atoms with Gasteiger partial charge in [0.1, 0.15) is 12.4 Å². The zero-order chi connectivity index (χ0) is 20.6. The van der Waals surface area contributed by atoms with E-state index in [1.165, 1.54) is 5.56 Å². The monoisotopic (exact) mass is 543 g/mol. The smallest absolute Gasteiger partial charge is 0.192 e. The maximum absolute atomic E-state index is 5.98. The number of hydrogen-bond donors (Lipinski definition) is 2. The van der Waals surface area contributed by atoms with Crippen molar-refractivity contribution >= 4 is 41.5 Å². The minimum Gasteiger partial charge on any atom is -0.354 e. The Balaban J connectivity index is 0.00000320. The molecule has 0 atom stereocenters. The second-order valence-electron chi connectivity index (χ2n) is 7.38. The van der Waals surface area contributed by atoms with Gasteiger partial charge in [-0.25, -0.2) is 4.99 Å². The average Bonchev–Trinajstić information content (AvgIpc) is 3.05. The molecule has 0 saturated carbocycles. The number of likely N-dealkylation sites (tertiary alicyclic amines) is 1. The number of nitrogens with one attached hydrogen (secondary N) is 2. The normalized spacial score (nSPS) is 15.5. The fourth-order valence-electron chi connectivity index (χ4n) is 3.34. The zero-order valence-corrected chi connectivity index (χ0v) is 20.7. The Morgan fingerprint density at radius 2 is 1.97 bits per heavy atom. The number of halogens is 2.